The van der Waals surface area contributed by atoms with Gasteiger partial charge in [-0.2, -0.15) is 5.10 Å². The van der Waals surface area contributed by atoms with Crippen LogP contribution in [0.25, 0.3) is 11.6 Å². The van der Waals surface area contributed by atoms with Crippen LogP contribution in [-0.2, 0) is 13.0 Å². The van der Waals surface area contributed by atoms with Gasteiger partial charge in [0, 0.05) is 18.5 Å². The van der Waals surface area contributed by atoms with Crippen molar-refractivity contribution in [3.8, 4) is 11.6 Å². The third-order valence-electron chi connectivity index (χ3n) is 3.20. The zero-order valence-corrected chi connectivity index (χ0v) is 11.5. The number of aromatic nitrogens is 6. The fraction of sp³-hybridized carbons (Fsp3) is 0.385. The summed E-state index contributed by atoms with van der Waals surface area (Å²) in [6.07, 6.45) is 7.79. The Bertz CT molecular complexity index is 669. The van der Waals surface area contributed by atoms with Crippen LogP contribution in [-0.4, -0.2) is 29.5 Å². The topological polar surface area (TPSA) is 74.6 Å². The quantitative estimate of drug-likeness (QED) is 0.709. The Kier molecular flexibility index (Phi) is 3.32. The van der Waals surface area contributed by atoms with Crippen molar-refractivity contribution in [1.29, 1.82) is 0 Å². The fourth-order valence-electron chi connectivity index (χ4n) is 2.13. The first-order chi connectivity index (χ1) is 9.78. The van der Waals surface area contributed by atoms with E-state index in [1.54, 1.807) is 17.2 Å². The lowest BCUT2D eigenvalue weighted by Crippen LogP contribution is -2.13. The highest BCUT2D eigenvalue weighted by Crippen LogP contribution is 2.22. The molecular weight excluding hydrogens is 256 g/mol. The van der Waals surface area contributed by atoms with Gasteiger partial charge in [0.05, 0.1) is 18.3 Å². The molecule has 1 atom stereocenters. The van der Waals surface area contributed by atoms with Crippen LogP contribution in [0.1, 0.15) is 25.6 Å². The van der Waals surface area contributed by atoms with Crippen LogP contribution in [0.2, 0.25) is 0 Å². The molecule has 104 valence electrons. The molecule has 0 aliphatic rings. The molecule has 7 nitrogen and oxygen atoms in total. The maximum atomic E-state index is 5.36. The number of hydrogen-bond donors (Lipinski definition) is 0. The average molecular weight is 272 g/mol. The molecule has 3 aromatic rings. The van der Waals surface area contributed by atoms with E-state index in [1.165, 1.54) is 6.33 Å². The summed E-state index contributed by atoms with van der Waals surface area (Å²) in [5, 5.41) is 8.13. The average Bonchev–Trinajstić information content (AvgIpc) is 3.19. The van der Waals surface area contributed by atoms with Crippen molar-refractivity contribution in [2.24, 2.45) is 0 Å². The van der Waals surface area contributed by atoms with Crippen LogP contribution in [0.15, 0.2) is 35.6 Å². The minimum absolute atomic E-state index is 0.185. The second kappa shape index (κ2) is 5.28. The molecule has 0 saturated carbocycles. The van der Waals surface area contributed by atoms with Crippen LogP contribution in [0, 0.1) is 0 Å². The molecule has 0 bridgehead atoms. The summed E-state index contributed by atoms with van der Waals surface area (Å²) < 4.78 is 9.21. The molecule has 0 N–H and O–H groups in total. The lowest BCUT2D eigenvalue weighted by atomic mass is 10.3. The number of hydrogen-bond acceptors (Lipinski definition) is 5. The van der Waals surface area contributed by atoms with Gasteiger partial charge >= 0.3 is 0 Å². The van der Waals surface area contributed by atoms with Crippen molar-refractivity contribution in [2.45, 2.75) is 32.9 Å². The van der Waals surface area contributed by atoms with Gasteiger partial charge in [0.15, 0.2) is 5.82 Å². The van der Waals surface area contributed by atoms with Crippen LogP contribution in [0.3, 0.4) is 0 Å². The van der Waals surface area contributed by atoms with Crippen molar-refractivity contribution >= 4 is 0 Å². The van der Waals surface area contributed by atoms with Crippen molar-refractivity contribution in [3.63, 3.8) is 0 Å². The summed E-state index contributed by atoms with van der Waals surface area (Å²) in [7, 11) is 0. The van der Waals surface area contributed by atoms with E-state index in [-0.39, 0.29) is 6.04 Å². The Balaban J connectivity index is 1.85. The number of imidazole rings is 1. The minimum atomic E-state index is 0.185. The normalized spacial score (nSPS) is 12.7. The van der Waals surface area contributed by atoms with E-state index in [1.807, 2.05) is 19.2 Å². The molecule has 3 aromatic heterocycles. The monoisotopic (exact) mass is 272 g/mol. The van der Waals surface area contributed by atoms with Crippen molar-refractivity contribution < 1.29 is 4.52 Å². The molecule has 0 aliphatic carbocycles. The van der Waals surface area contributed by atoms with Crippen LogP contribution in [0.5, 0.6) is 0 Å². The summed E-state index contributed by atoms with van der Waals surface area (Å²) in [5.74, 6) is 1.47. The Morgan fingerprint density at radius 2 is 2.30 bits per heavy atom. The molecule has 0 amide bonds. The molecule has 20 heavy (non-hydrogen) atoms. The van der Waals surface area contributed by atoms with E-state index in [0.717, 1.165) is 24.5 Å². The third-order valence-corrected chi connectivity index (χ3v) is 3.20. The van der Waals surface area contributed by atoms with Gasteiger partial charge in [0.1, 0.15) is 12.7 Å². The summed E-state index contributed by atoms with van der Waals surface area (Å²) in [6.45, 7) is 4.86. The van der Waals surface area contributed by atoms with Gasteiger partial charge in [-0.15, -0.1) is 0 Å². The zero-order chi connectivity index (χ0) is 13.9. The predicted molar refractivity (Wildman–Crippen MR) is 71.8 cm³/mol. The van der Waals surface area contributed by atoms with Gasteiger partial charge in [-0.25, -0.2) is 9.97 Å². The summed E-state index contributed by atoms with van der Waals surface area (Å²) in [5.41, 5.74) is 0.929. The summed E-state index contributed by atoms with van der Waals surface area (Å²) in [6, 6.07) is 2.12. The smallest absolute Gasteiger partial charge is 0.202 e. The molecule has 3 heterocycles. The fourth-order valence-corrected chi connectivity index (χ4v) is 2.13. The van der Waals surface area contributed by atoms with Crippen LogP contribution < -0.4 is 0 Å². The number of nitrogens with zero attached hydrogens (tertiary/aromatic N) is 6. The summed E-state index contributed by atoms with van der Waals surface area (Å²) >= 11 is 0. The van der Waals surface area contributed by atoms with E-state index in [2.05, 4.69) is 31.7 Å². The molecule has 0 fully saturated rings. The third kappa shape index (κ3) is 2.34. The van der Waals surface area contributed by atoms with Gasteiger partial charge < -0.3 is 9.09 Å². The maximum absolute atomic E-state index is 5.36. The van der Waals surface area contributed by atoms with Gasteiger partial charge in [-0.1, -0.05) is 12.1 Å². The second-order valence-corrected chi connectivity index (χ2v) is 4.66. The molecule has 7 heteroatoms. The predicted octanol–water partition coefficient (Wildman–Crippen LogP) is 1.95. The molecule has 1 unspecified atom stereocenters. The van der Waals surface area contributed by atoms with E-state index in [0.29, 0.717) is 5.76 Å². The SMILES string of the molecule is CCc1cc(-c2nccn2C(C)Cn2cncn2)on1. The number of aryl methyl sites for hydroxylation is 1. The van der Waals surface area contributed by atoms with Gasteiger partial charge in [0.2, 0.25) is 5.76 Å². The maximum Gasteiger partial charge on any atom is 0.202 e. The Morgan fingerprint density at radius 3 is 3.00 bits per heavy atom. The highest BCUT2D eigenvalue weighted by atomic mass is 16.5. The first kappa shape index (κ1) is 12.6. The number of rotatable bonds is 5. The minimum Gasteiger partial charge on any atom is -0.353 e. The second-order valence-electron chi connectivity index (χ2n) is 4.66. The van der Waals surface area contributed by atoms with Gasteiger partial charge in [-0.05, 0) is 13.3 Å². The van der Waals surface area contributed by atoms with Gasteiger partial charge in [-0.3, -0.25) is 4.68 Å². The van der Waals surface area contributed by atoms with E-state index in [4.69, 9.17) is 4.52 Å². The van der Waals surface area contributed by atoms with E-state index < -0.39 is 0 Å². The molecule has 3 rings (SSSR count). The van der Waals surface area contributed by atoms with E-state index >= 15 is 0 Å². The Labute approximate surface area is 116 Å². The molecule has 0 radical (unpaired) electrons. The van der Waals surface area contributed by atoms with Crippen molar-refractivity contribution in [2.75, 3.05) is 0 Å². The highest BCUT2D eigenvalue weighted by Gasteiger charge is 2.16. The summed E-state index contributed by atoms with van der Waals surface area (Å²) in [4.78, 5) is 8.32. The Hall–Kier alpha value is -2.44. The largest absolute Gasteiger partial charge is 0.353 e. The lowest BCUT2D eigenvalue weighted by molar-refractivity contribution is 0.406. The van der Waals surface area contributed by atoms with Gasteiger partial charge in [0.25, 0.3) is 0 Å². The molecule has 0 saturated heterocycles. The molecule has 0 aromatic carbocycles. The highest BCUT2D eigenvalue weighted by molar-refractivity contribution is 5.47. The van der Waals surface area contributed by atoms with Crippen molar-refractivity contribution in [3.05, 3.63) is 36.8 Å². The zero-order valence-electron chi connectivity index (χ0n) is 11.5. The first-order valence-electron chi connectivity index (χ1n) is 6.59. The van der Waals surface area contributed by atoms with Crippen LogP contribution >= 0.6 is 0 Å². The first-order valence-corrected chi connectivity index (χ1v) is 6.59. The van der Waals surface area contributed by atoms with Crippen molar-refractivity contribution in [1.82, 2.24) is 29.5 Å². The molecular formula is C13H16N6O. The van der Waals surface area contributed by atoms with E-state index in [9.17, 15) is 0 Å². The molecule has 0 spiro atoms. The van der Waals surface area contributed by atoms with Crippen LogP contribution in [0.4, 0.5) is 0 Å². The molecule has 0 aliphatic heterocycles. The standard InChI is InChI=1S/C13H16N6O/c1-3-11-6-12(20-17-11)13-15-4-5-19(13)10(2)7-18-9-14-8-16-18/h4-6,8-10H,3,7H2,1-2H3. The lowest BCUT2D eigenvalue weighted by Gasteiger charge is -2.14. The Morgan fingerprint density at radius 1 is 1.40 bits per heavy atom.